The predicted octanol–water partition coefficient (Wildman–Crippen LogP) is 0.321. The summed E-state index contributed by atoms with van der Waals surface area (Å²) in [5, 5.41) is 2.93. The van der Waals surface area contributed by atoms with Gasteiger partial charge < -0.3 is 11.1 Å². The van der Waals surface area contributed by atoms with Crippen molar-refractivity contribution in [2.75, 3.05) is 11.1 Å². The van der Waals surface area contributed by atoms with Crippen LogP contribution < -0.4 is 21.9 Å². The molecule has 0 aliphatic carbocycles. The van der Waals surface area contributed by atoms with Gasteiger partial charge in [0.05, 0.1) is 0 Å². The third kappa shape index (κ3) is 1.56. The Morgan fingerprint density at radius 3 is 2.08 bits per heavy atom. The molecule has 0 aliphatic heterocycles. The highest BCUT2D eigenvalue weighted by Gasteiger charge is 2.19. The molecule has 1 aromatic rings. The molecule has 0 fully saturated rings. The Labute approximate surface area is 76.4 Å². The summed E-state index contributed by atoms with van der Waals surface area (Å²) < 4.78 is 0. The first kappa shape index (κ1) is 9.77. The highest BCUT2D eigenvalue weighted by atomic mass is 16.2. The van der Waals surface area contributed by atoms with E-state index in [1.54, 1.807) is 0 Å². The molecule has 0 saturated heterocycles. The van der Waals surface area contributed by atoms with E-state index in [9.17, 15) is 9.59 Å². The van der Waals surface area contributed by atoms with Crippen molar-refractivity contribution >= 4 is 11.4 Å². The van der Waals surface area contributed by atoms with Gasteiger partial charge in [0.15, 0.2) is 0 Å². The minimum absolute atomic E-state index is 0.0671. The summed E-state index contributed by atoms with van der Waals surface area (Å²) in [7, 11) is 0. The van der Waals surface area contributed by atoms with Crippen molar-refractivity contribution in [2.45, 2.75) is 26.8 Å². The quantitative estimate of drug-likeness (QED) is 0.660. The van der Waals surface area contributed by atoms with Crippen LogP contribution in [0.5, 0.6) is 0 Å². The zero-order valence-electron chi connectivity index (χ0n) is 8.05. The van der Waals surface area contributed by atoms with E-state index in [1.807, 2.05) is 20.8 Å². The van der Waals surface area contributed by atoms with Gasteiger partial charge in [0.25, 0.3) is 10.9 Å². The molecule has 0 radical (unpaired) electrons. The average Bonchev–Trinajstić information content (AvgIpc) is 2.11. The lowest BCUT2D eigenvalue weighted by atomic mass is 10.1. The van der Waals surface area contributed by atoms with Crippen molar-refractivity contribution in [2.24, 2.45) is 5.92 Å². The zero-order chi connectivity index (χ0) is 10.2. The van der Waals surface area contributed by atoms with Crippen LogP contribution in [0.15, 0.2) is 9.59 Å². The highest BCUT2D eigenvalue weighted by molar-refractivity contribution is 5.71. The Kier molecular flexibility index (Phi) is 2.40. The maximum atomic E-state index is 11.0. The summed E-state index contributed by atoms with van der Waals surface area (Å²) in [6, 6.07) is 0.144. The Bertz CT molecular complexity index is 375. The normalized spacial score (nSPS) is 13.5. The smallest absolute Gasteiger partial charge is 0.253 e. The van der Waals surface area contributed by atoms with E-state index in [0.717, 1.165) is 0 Å². The Morgan fingerprint density at radius 1 is 1.15 bits per heavy atom. The van der Waals surface area contributed by atoms with Gasteiger partial charge in [-0.2, -0.15) is 0 Å². The number of anilines is 2. The number of nitrogens with two attached hydrogens (primary N) is 1. The fourth-order valence-electron chi connectivity index (χ4n) is 0.947. The van der Waals surface area contributed by atoms with Gasteiger partial charge in [-0.1, -0.05) is 13.8 Å². The molecule has 1 atom stereocenters. The molecule has 0 heterocycles. The molecule has 1 unspecified atom stereocenters. The van der Waals surface area contributed by atoms with Gasteiger partial charge in [0.1, 0.15) is 11.4 Å². The predicted molar refractivity (Wildman–Crippen MR) is 53.7 cm³/mol. The minimum atomic E-state index is -0.571. The zero-order valence-corrected chi connectivity index (χ0v) is 8.05. The summed E-state index contributed by atoms with van der Waals surface area (Å²) in [6.45, 7) is 6.00. The van der Waals surface area contributed by atoms with Gasteiger partial charge in [0, 0.05) is 6.04 Å². The second-order valence-electron chi connectivity index (χ2n) is 3.62. The summed E-state index contributed by atoms with van der Waals surface area (Å²) >= 11 is 0. The largest absolute Gasteiger partial charge is 0.394 e. The molecule has 4 heteroatoms. The molecule has 3 N–H and O–H groups in total. The maximum Gasteiger partial charge on any atom is 0.253 e. The molecule has 0 bridgehead atoms. The van der Waals surface area contributed by atoms with Crippen molar-refractivity contribution in [3.05, 3.63) is 20.4 Å². The lowest BCUT2D eigenvalue weighted by Crippen LogP contribution is -2.39. The number of hydrogen-bond donors (Lipinski definition) is 2. The standard InChI is InChI=1S/C9H14N2O2/c1-4(2)5(3)11-7-6(10)8(12)9(7)13/h4-5,11H,10H2,1-3H3. The first-order chi connectivity index (χ1) is 5.95. The van der Waals surface area contributed by atoms with Crippen molar-refractivity contribution in [3.63, 3.8) is 0 Å². The molecular weight excluding hydrogens is 168 g/mol. The Balaban J connectivity index is 2.78. The Hall–Kier alpha value is -1.32. The van der Waals surface area contributed by atoms with E-state index in [2.05, 4.69) is 5.32 Å². The van der Waals surface area contributed by atoms with Crippen LogP contribution in [-0.4, -0.2) is 6.04 Å². The van der Waals surface area contributed by atoms with Crippen molar-refractivity contribution in [3.8, 4) is 0 Å². The van der Waals surface area contributed by atoms with Gasteiger partial charge in [-0.3, -0.25) is 9.59 Å². The molecule has 0 aromatic heterocycles. The van der Waals surface area contributed by atoms with Gasteiger partial charge in [-0.25, -0.2) is 0 Å². The second kappa shape index (κ2) is 3.20. The van der Waals surface area contributed by atoms with Crippen LogP contribution in [0.25, 0.3) is 0 Å². The first-order valence-electron chi connectivity index (χ1n) is 4.30. The van der Waals surface area contributed by atoms with E-state index >= 15 is 0 Å². The minimum Gasteiger partial charge on any atom is -0.394 e. The molecule has 0 spiro atoms. The number of rotatable bonds is 3. The van der Waals surface area contributed by atoms with Gasteiger partial charge >= 0.3 is 0 Å². The van der Waals surface area contributed by atoms with E-state index < -0.39 is 10.9 Å². The fourth-order valence-corrected chi connectivity index (χ4v) is 0.947. The molecule has 1 aromatic carbocycles. The van der Waals surface area contributed by atoms with Crippen LogP contribution in [0.2, 0.25) is 0 Å². The summed E-state index contributed by atoms with van der Waals surface area (Å²) in [6.07, 6.45) is 0. The van der Waals surface area contributed by atoms with Crippen LogP contribution in [-0.2, 0) is 0 Å². The Morgan fingerprint density at radius 2 is 1.69 bits per heavy atom. The summed E-state index contributed by atoms with van der Waals surface area (Å²) in [5.74, 6) is 0.392. The molecule has 0 amide bonds. The first-order valence-corrected chi connectivity index (χ1v) is 4.30. The third-order valence-corrected chi connectivity index (χ3v) is 2.32. The van der Waals surface area contributed by atoms with Crippen LogP contribution in [0.3, 0.4) is 0 Å². The SMILES string of the molecule is CC(C)C(C)Nc1c(N)c(=O)c1=O. The summed E-state index contributed by atoms with van der Waals surface area (Å²) in [5.41, 5.74) is 4.64. The van der Waals surface area contributed by atoms with Crippen LogP contribution >= 0.6 is 0 Å². The van der Waals surface area contributed by atoms with Crippen LogP contribution in [0.4, 0.5) is 11.4 Å². The molecule has 0 aliphatic rings. The number of nitrogens with one attached hydrogen (secondary N) is 1. The summed E-state index contributed by atoms with van der Waals surface area (Å²) in [4.78, 5) is 21.7. The molecular formula is C9H14N2O2. The third-order valence-electron chi connectivity index (χ3n) is 2.32. The molecule has 72 valence electrons. The monoisotopic (exact) mass is 182 g/mol. The molecule has 4 nitrogen and oxygen atoms in total. The molecule has 1 rings (SSSR count). The number of nitrogen functional groups attached to an aromatic ring is 1. The van der Waals surface area contributed by atoms with Crippen LogP contribution in [0, 0.1) is 5.92 Å². The van der Waals surface area contributed by atoms with E-state index in [1.165, 1.54) is 0 Å². The second-order valence-corrected chi connectivity index (χ2v) is 3.62. The van der Waals surface area contributed by atoms with Crippen molar-refractivity contribution < 1.29 is 0 Å². The molecule has 0 saturated carbocycles. The van der Waals surface area contributed by atoms with Crippen molar-refractivity contribution in [1.82, 2.24) is 0 Å². The lowest BCUT2D eigenvalue weighted by molar-refractivity contribution is 0.559. The topological polar surface area (TPSA) is 72.2 Å². The molecule has 13 heavy (non-hydrogen) atoms. The van der Waals surface area contributed by atoms with E-state index in [0.29, 0.717) is 5.92 Å². The van der Waals surface area contributed by atoms with Gasteiger partial charge in [0.2, 0.25) is 0 Å². The fraction of sp³-hybridized carbons (Fsp3) is 0.556. The van der Waals surface area contributed by atoms with Gasteiger partial charge in [-0.15, -0.1) is 0 Å². The lowest BCUT2D eigenvalue weighted by Gasteiger charge is -2.19. The van der Waals surface area contributed by atoms with E-state index in [4.69, 9.17) is 5.73 Å². The average molecular weight is 182 g/mol. The van der Waals surface area contributed by atoms with Gasteiger partial charge in [-0.05, 0) is 12.8 Å². The highest BCUT2D eigenvalue weighted by Crippen LogP contribution is 2.13. The maximum absolute atomic E-state index is 11.0. The van der Waals surface area contributed by atoms with Crippen LogP contribution in [0.1, 0.15) is 20.8 Å². The van der Waals surface area contributed by atoms with Crippen molar-refractivity contribution in [1.29, 1.82) is 0 Å². The van der Waals surface area contributed by atoms with E-state index in [-0.39, 0.29) is 17.4 Å². The number of hydrogen-bond acceptors (Lipinski definition) is 4.